The van der Waals surface area contributed by atoms with Crippen LogP contribution in [-0.4, -0.2) is 44.9 Å². The van der Waals surface area contributed by atoms with Gasteiger partial charge in [0.25, 0.3) is 5.91 Å². The highest BCUT2D eigenvalue weighted by molar-refractivity contribution is 7.89. The molecule has 1 amide bonds. The minimum atomic E-state index is -3.68. The first kappa shape index (κ1) is 20.8. The number of carbonyl (C=O) groups excluding carboxylic acids is 1. The van der Waals surface area contributed by atoms with E-state index < -0.39 is 10.0 Å². The maximum atomic E-state index is 13.0. The predicted octanol–water partition coefficient (Wildman–Crippen LogP) is 3.16. The first-order valence-electron chi connectivity index (χ1n) is 9.04. The number of aryl methyl sites for hydroxylation is 1. The Kier molecular flexibility index (Phi) is 6.40. The monoisotopic (exact) mass is 422 g/mol. The average molecular weight is 423 g/mol. The molecular formula is C20H23ClN2O4S. The third-order valence-electron chi connectivity index (χ3n) is 4.73. The Morgan fingerprint density at radius 2 is 1.89 bits per heavy atom. The second-order valence-corrected chi connectivity index (χ2v) is 9.09. The Morgan fingerprint density at radius 1 is 1.18 bits per heavy atom. The van der Waals surface area contributed by atoms with Crippen molar-refractivity contribution in [3.05, 3.63) is 64.2 Å². The van der Waals surface area contributed by atoms with Gasteiger partial charge < -0.3 is 10.1 Å². The summed E-state index contributed by atoms with van der Waals surface area (Å²) >= 11 is 6.01. The van der Waals surface area contributed by atoms with Crippen molar-refractivity contribution >= 4 is 27.5 Å². The van der Waals surface area contributed by atoms with Crippen molar-refractivity contribution in [3.63, 3.8) is 0 Å². The van der Waals surface area contributed by atoms with E-state index >= 15 is 0 Å². The van der Waals surface area contributed by atoms with Gasteiger partial charge in [0.1, 0.15) is 0 Å². The summed E-state index contributed by atoms with van der Waals surface area (Å²) in [6, 6.07) is 11.7. The average Bonchev–Trinajstić information content (AvgIpc) is 2.68. The number of amides is 1. The van der Waals surface area contributed by atoms with Crippen LogP contribution in [0.2, 0.25) is 5.02 Å². The number of morpholine rings is 1. The highest BCUT2D eigenvalue weighted by Crippen LogP contribution is 2.23. The summed E-state index contributed by atoms with van der Waals surface area (Å²) in [7, 11) is -3.68. The third-order valence-corrected chi connectivity index (χ3v) is 7.01. The molecule has 0 saturated carbocycles. The molecule has 2 aromatic carbocycles. The maximum Gasteiger partial charge on any atom is 0.251 e. The predicted molar refractivity (Wildman–Crippen MR) is 108 cm³/mol. The van der Waals surface area contributed by atoms with E-state index in [-0.39, 0.29) is 16.8 Å². The smallest absolute Gasteiger partial charge is 0.251 e. The van der Waals surface area contributed by atoms with E-state index in [4.69, 9.17) is 16.3 Å². The van der Waals surface area contributed by atoms with Crippen molar-refractivity contribution in [1.29, 1.82) is 0 Å². The van der Waals surface area contributed by atoms with E-state index in [1.165, 1.54) is 10.4 Å². The lowest BCUT2D eigenvalue weighted by atomic mass is 10.1. The molecular weight excluding hydrogens is 400 g/mol. The Hall–Kier alpha value is -1.93. The SMILES string of the molecule is Cc1ccc(C(=O)N[C@H](C)c2cccc(Cl)c2)cc1S(=O)(=O)N1CCOCC1. The van der Waals surface area contributed by atoms with Gasteiger partial charge in [0.05, 0.1) is 24.2 Å². The first-order valence-corrected chi connectivity index (χ1v) is 10.9. The lowest BCUT2D eigenvalue weighted by molar-refractivity contribution is 0.0730. The number of benzene rings is 2. The highest BCUT2D eigenvalue weighted by atomic mass is 35.5. The van der Waals surface area contributed by atoms with Crippen LogP contribution in [0.3, 0.4) is 0 Å². The van der Waals surface area contributed by atoms with Crippen LogP contribution in [0.1, 0.15) is 34.5 Å². The first-order chi connectivity index (χ1) is 13.3. The van der Waals surface area contributed by atoms with Gasteiger partial charge in [-0.1, -0.05) is 29.8 Å². The molecule has 1 aliphatic heterocycles. The van der Waals surface area contributed by atoms with Crippen LogP contribution in [0.4, 0.5) is 0 Å². The third kappa shape index (κ3) is 4.55. The Labute approximate surface area is 170 Å². The van der Waals surface area contributed by atoms with Crippen molar-refractivity contribution in [2.75, 3.05) is 26.3 Å². The van der Waals surface area contributed by atoms with Crippen LogP contribution in [0.25, 0.3) is 0 Å². The van der Waals surface area contributed by atoms with Gasteiger partial charge in [-0.2, -0.15) is 4.31 Å². The molecule has 1 saturated heterocycles. The van der Waals surface area contributed by atoms with Gasteiger partial charge in [-0.15, -0.1) is 0 Å². The van der Waals surface area contributed by atoms with Crippen LogP contribution in [-0.2, 0) is 14.8 Å². The van der Waals surface area contributed by atoms with Gasteiger partial charge in [0.15, 0.2) is 0 Å². The number of carbonyl (C=O) groups is 1. The van der Waals surface area contributed by atoms with Gasteiger partial charge in [0.2, 0.25) is 10.0 Å². The molecule has 3 rings (SSSR count). The molecule has 8 heteroatoms. The van der Waals surface area contributed by atoms with Crippen LogP contribution >= 0.6 is 11.6 Å². The summed E-state index contributed by atoms with van der Waals surface area (Å²) in [5, 5.41) is 3.48. The van der Waals surface area contributed by atoms with Gasteiger partial charge in [-0.3, -0.25) is 4.79 Å². The van der Waals surface area contributed by atoms with Crippen molar-refractivity contribution in [2.24, 2.45) is 0 Å². The summed E-state index contributed by atoms with van der Waals surface area (Å²) in [4.78, 5) is 12.9. The second kappa shape index (κ2) is 8.61. The number of ether oxygens (including phenoxy) is 1. The van der Waals surface area contributed by atoms with Crippen LogP contribution in [0.15, 0.2) is 47.4 Å². The van der Waals surface area contributed by atoms with Crippen molar-refractivity contribution in [1.82, 2.24) is 9.62 Å². The number of halogens is 1. The number of nitrogens with one attached hydrogen (secondary N) is 1. The zero-order valence-electron chi connectivity index (χ0n) is 15.8. The quantitative estimate of drug-likeness (QED) is 0.803. The van der Waals surface area contributed by atoms with E-state index in [1.54, 1.807) is 31.2 Å². The molecule has 0 bridgehead atoms. The topological polar surface area (TPSA) is 75.7 Å². The molecule has 1 aliphatic rings. The van der Waals surface area contributed by atoms with E-state index in [1.807, 2.05) is 19.1 Å². The van der Waals surface area contributed by atoms with Gasteiger partial charge >= 0.3 is 0 Å². The van der Waals surface area contributed by atoms with Gasteiger partial charge in [-0.05, 0) is 49.2 Å². The van der Waals surface area contributed by atoms with Crippen LogP contribution in [0, 0.1) is 6.92 Å². The van der Waals surface area contributed by atoms with E-state index in [2.05, 4.69) is 5.32 Å². The Morgan fingerprint density at radius 3 is 2.57 bits per heavy atom. The molecule has 1 heterocycles. The van der Waals surface area contributed by atoms with Crippen molar-refractivity contribution in [3.8, 4) is 0 Å². The lowest BCUT2D eigenvalue weighted by Crippen LogP contribution is -2.41. The molecule has 150 valence electrons. The second-order valence-electron chi connectivity index (χ2n) is 6.75. The fourth-order valence-electron chi connectivity index (χ4n) is 3.08. The Balaban J connectivity index is 1.83. The fraction of sp³-hybridized carbons (Fsp3) is 0.350. The lowest BCUT2D eigenvalue weighted by Gasteiger charge is -2.26. The molecule has 0 aliphatic carbocycles. The molecule has 2 aromatic rings. The zero-order valence-corrected chi connectivity index (χ0v) is 17.4. The normalized spacial score (nSPS) is 16.5. The highest BCUT2D eigenvalue weighted by Gasteiger charge is 2.28. The van der Waals surface area contributed by atoms with Gasteiger partial charge in [-0.25, -0.2) is 8.42 Å². The standard InChI is InChI=1S/C20H23ClN2O4S/c1-14-6-7-17(13-19(14)28(25,26)23-8-10-27-11-9-23)20(24)22-15(2)16-4-3-5-18(21)12-16/h3-7,12-13,15H,8-11H2,1-2H3,(H,22,24)/t15-/m1/s1. The fourth-order valence-corrected chi connectivity index (χ4v) is 4.94. The largest absolute Gasteiger partial charge is 0.379 e. The zero-order chi connectivity index (χ0) is 20.3. The summed E-state index contributed by atoms with van der Waals surface area (Å²) in [5.74, 6) is -0.342. The maximum absolute atomic E-state index is 13.0. The van der Waals surface area contributed by atoms with Crippen LogP contribution < -0.4 is 5.32 Å². The van der Waals surface area contributed by atoms with E-state index in [0.29, 0.717) is 42.5 Å². The summed E-state index contributed by atoms with van der Waals surface area (Å²) < 4.78 is 32.6. The van der Waals surface area contributed by atoms with Crippen molar-refractivity contribution < 1.29 is 17.9 Å². The molecule has 0 unspecified atom stereocenters. The molecule has 1 atom stereocenters. The van der Waals surface area contributed by atoms with E-state index in [9.17, 15) is 13.2 Å². The minimum absolute atomic E-state index is 0.150. The molecule has 6 nitrogen and oxygen atoms in total. The molecule has 28 heavy (non-hydrogen) atoms. The number of rotatable bonds is 5. The van der Waals surface area contributed by atoms with Crippen LogP contribution in [0.5, 0.6) is 0 Å². The summed E-state index contributed by atoms with van der Waals surface area (Å²) in [6.45, 7) is 4.94. The Bertz CT molecular complexity index is 972. The molecule has 0 radical (unpaired) electrons. The number of sulfonamides is 1. The minimum Gasteiger partial charge on any atom is -0.379 e. The molecule has 0 aromatic heterocycles. The number of hydrogen-bond acceptors (Lipinski definition) is 4. The number of nitrogens with zero attached hydrogens (tertiary/aromatic N) is 1. The summed E-state index contributed by atoms with van der Waals surface area (Å²) in [5.41, 5.74) is 1.77. The van der Waals surface area contributed by atoms with E-state index in [0.717, 1.165) is 5.56 Å². The molecule has 0 spiro atoms. The summed E-state index contributed by atoms with van der Waals surface area (Å²) in [6.07, 6.45) is 0. The molecule has 1 N–H and O–H groups in total. The van der Waals surface area contributed by atoms with Gasteiger partial charge in [0, 0.05) is 23.7 Å². The molecule has 1 fully saturated rings. The van der Waals surface area contributed by atoms with Crippen molar-refractivity contribution in [2.45, 2.75) is 24.8 Å². The number of hydrogen-bond donors (Lipinski definition) is 1.